The summed E-state index contributed by atoms with van der Waals surface area (Å²) in [5.41, 5.74) is 0.629. The van der Waals surface area contributed by atoms with Gasteiger partial charge in [0.15, 0.2) is 0 Å². The van der Waals surface area contributed by atoms with E-state index in [-0.39, 0.29) is 18.6 Å². The van der Waals surface area contributed by atoms with Gasteiger partial charge < -0.3 is 14.7 Å². The van der Waals surface area contributed by atoms with Crippen LogP contribution in [0.4, 0.5) is 0 Å². The predicted molar refractivity (Wildman–Crippen MR) is 82.5 cm³/mol. The molecule has 4 nitrogen and oxygen atoms in total. The van der Waals surface area contributed by atoms with Gasteiger partial charge in [0.2, 0.25) is 0 Å². The molecule has 1 fully saturated rings. The number of benzene rings is 1. The molecule has 1 aliphatic rings. The molecule has 0 saturated carbocycles. The Balaban J connectivity index is 2.10. The molecule has 1 saturated heterocycles. The minimum absolute atomic E-state index is 0.0200. The van der Waals surface area contributed by atoms with Gasteiger partial charge in [-0.05, 0) is 36.5 Å². The zero-order valence-electron chi connectivity index (χ0n) is 13.1. The topological polar surface area (TPSA) is 49.8 Å². The number of aliphatic hydroxyl groups excluding tert-OH is 1. The lowest BCUT2D eigenvalue weighted by atomic mass is 10.0. The van der Waals surface area contributed by atoms with Crippen molar-refractivity contribution in [1.82, 2.24) is 4.90 Å². The summed E-state index contributed by atoms with van der Waals surface area (Å²) in [4.78, 5) is 14.4. The number of rotatable bonds is 5. The van der Waals surface area contributed by atoms with E-state index in [4.69, 9.17) is 4.74 Å². The molecule has 1 aromatic rings. The molecular formula is C17H25NO3. The van der Waals surface area contributed by atoms with E-state index in [1.165, 1.54) is 0 Å². The van der Waals surface area contributed by atoms with E-state index in [1.807, 2.05) is 18.2 Å². The highest BCUT2D eigenvalue weighted by atomic mass is 16.5. The summed E-state index contributed by atoms with van der Waals surface area (Å²) in [6, 6.07) is 7.24. The van der Waals surface area contributed by atoms with Gasteiger partial charge in [-0.3, -0.25) is 4.79 Å². The van der Waals surface area contributed by atoms with E-state index in [1.54, 1.807) is 11.0 Å². The van der Waals surface area contributed by atoms with Gasteiger partial charge in [-0.25, -0.2) is 0 Å². The van der Waals surface area contributed by atoms with Crippen molar-refractivity contribution in [1.29, 1.82) is 0 Å². The van der Waals surface area contributed by atoms with Crippen LogP contribution < -0.4 is 4.74 Å². The minimum Gasteiger partial charge on any atom is -0.493 e. The Morgan fingerprint density at radius 2 is 2.24 bits per heavy atom. The quantitative estimate of drug-likeness (QED) is 0.907. The second-order valence-corrected chi connectivity index (χ2v) is 6.25. The fourth-order valence-electron chi connectivity index (χ4n) is 2.69. The Morgan fingerprint density at radius 1 is 1.48 bits per heavy atom. The van der Waals surface area contributed by atoms with E-state index in [0.29, 0.717) is 30.6 Å². The van der Waals surface area contributed by atoms with Crippen molar-refractivity contribution in [3.05, 3.63) is 29.8 Å². The molecule has 0 aromatic heterocycles. The predicted octanol–water partition coefficient (Wildman–Crippen LogP) is 2.56. The van der Waals surface area contributed by atoms with Crippen molar-refractivity contribution in [3.63, 3.8) is 0 Å². The Hall–Kier alpha value is -1.55. The lowest BCUT2D eigenvalue weighted by molar-refractivity contribution is 0.0647. The maximum Gasteiger partial charge on any atom is 0.254 e. The number of aliphatic hydroxyl groups is 1. The molecule has 2 rings (SSSR count). The maximum atomic E-state index is 12.6. The summed E-state index contributed by atoms with van der Waals surface area (Å²) in [5, 5.41) is 9.48. The van der Waals surface area contributed by atoms with Crippen LogP contribution in [0, 0.1) is 11.8 Å². The first-order chi connectivity index (χ1) is 10.0. The van der Waals surface area contributed by atoms with Crippen molar-refractivity contribution in [2.45, 2.75) is 33.2 Å². The van der Waals surface area contributed by atoms with Crippen molar-refractivity contribution in [3.8, 4) is 5.75 Å². The van der Waals surface area contributed by atoms with Gasteiger partial charge in [0.05, 0.1) is 19.3 Å². The molecule has 4 heteroatoms. The summed E-state index contributed by atoms with van der Waals surface area (Å²) in [6.45, 7) is 7.63. The highest BCUT2D eigenvalue weighted by molar-refractivity contribution is 5.95. The Labute approximate surface area is 126 Å². The van der Waals surface area contributed by atoms with Gasteiger partial charge in [-0.2, -0.15) is 0 Å². The minimum atomic E-state index is -0.0715. The van der Waals surface area contributed by atoms with Gasteiger partial charge in [0, 0.05) is 12.1 Å². The van der Waals surface area contributed by atoms with Crippen molar-refractivity contribution in [2.75, 3.05) is 19.8 Å². The molecule has 0 radical (unpaired) electrons. The van der Waals surface area contributed by atoms with Crippen LogP contribution in [0.5, 0.6) is 5.75 Å². The Morgan fingerprint density at radius 3 is 2.90 bits per heavy atom. The van der Waals surface area contributed by atoms with Crippen molar-refractivity contribution in [2.24, 2.45) is 11.8 Å². The molecule has 1 heterocycles. The van der Waals surface area contributed by atoms with Gasteiger partial charge in [0.1, 0.15) is 5.75 Å². The van der Waals surface area contributed by atoms with Gasteiger partial charge in [-0.15, -0.1) is 0 Å². The zero-order chi connectivity index (χ0) is 15.4. The smallest absolute Gasteiger partial charge is 0.254 e. The zero-order valence-corrected chi connectivity index (χ0v) is 13.1. The molecule has 2 unspecified atom stereocenters. The number of ether oxygens (including phenoxy) is 1. The average Bonchev–Trinajstić information content (AvgIpc) is 2.85. The fraction of sp³-hybridized carbons (Fsp3) is 0.588. The molecule has 0 aliphatic carbocycles. The number of carbonyl (C=O) groups excluding carboxylic acids is 1. The fourth-order valence-corrected chi connectivity index (χ4v) is 2.69. The molecule has 21 heavy (non-hydrogen) atoms. The van der Waals surface area contributed by atoms with Gasteiger partial charge in [-0.1, -0.05) is 26.8 Å². The lowest BCUT2D eigenvalue weighted by Gasteiger charge is -2.25. The lowest BCUT2D eigenvalue weighted by Crippen LogP contribution is -2.39. The van der Waals surface area contributed by atoms with Gasteiger partial charge in [0.25, 0.3) is 5.91 Å². The van der Waals surface area contributed by atoms with Crippen LogP contribution in [-0.2, 0) is 0 Å². The van der Waals surface area contributed by atoms with E-state index in [0.717, 1.165) is 12.2 Å². The molecule has 116 valence electrons. The molecule has 0 spiro atoms. The number of nitrogens with zero attached hydrogens (tertiary/aromatic N) is 1. The number of carbonyl (C=O) groups is 1. The molecule has 1 aromatic carbocycles. The summed E-state index contributed by atoms with van der Waals surface area (Å²) >= 11 is 0. The summed E-state index contributed by atoms with van der Waals surface area (Å²) in [6.07, 6.45) is 0.945. The van der Waals surface area contributed by atoms with Crippen LogP contribution in [0.25, 0.3) is 0 Å². The number of amides is 1. The number of hydrogen-bond acceptors (Lipinski definition) is 3. The van der Waals surface area contributed by atoms with Crippen LogP contribution in [0.1, 0.15) is 37.6 Å². The van der Waals surface area contributed by atoms with E-state index in [9.17, 15) is 9.90 Å². The second kappa shape index (κ2) is 6.94. The average molecular weight is 291 g/mol. The third-order valence-corrected chi connectivity index (χ3v) is 3.99. The normalized spacial score (nSPS) is 21.9. The van der Waals surface area contributed by atoms with Crippen molar-refractivity contribution >= 4 is 5.91 Å². The van der Waals surface area contributed by atoms with E-state index >= 15 is 0 Å². The number of hydrogen-bond donors (Lipinski definition) is 1. The van der Waals surface area contributed by atoms with Crippen LogP contribution in [0.3, 0.4) is 0 Å². The first-order valence-electron chi connectivity index (χ1n) is 7.67. The molecule has 0 bridgehead atoms. The van der Waals surface area contributed by atoms with Crippen LogP contribution in [-0.4, -0.2) is 41.7 Å². The summed E-state index contributed by atoms with van der Waals surface area (Å²) < 4.78 is 5.68. The molecule has 1 amide bonds. The maximum absolute atomic E-state index is 12.6. The molecule has 1 N–H and O–H groups in total. The van der Waals surface area contributed by atoms with E-state index < -0.39 is 0 Å². The molecule has 1 aliphatic heterocycles. The second-order valence-electron chi connectivity index (χ2n) is 6.25. The summed E-state index contributed by atoms with van der Waals surface area (Å²) in [7, 11) is 0. The monoisotopic (exact) mass is 291 g/mol. The largest absolute Gasteiger partial charge is 0.493 e. The highest BCUT2D eigenvalue weighted by Crippen LogP contribution is 2.26. The highest BCUT2D eigenvalue weighted by Gasteiger charge is 2.34. The molecule has 2 atom stereocenters. The Bertz CT molecular complexity index is 487. The first kappa shape index (κ1) is 15.8. The van der Waals surface area contributed by atoms with Crippen LogP contribution in [0.2, 0.25) is 0 Å². The van der Waals surface area contributed by atoms with Crippen LogP contribution >= 0.6 is 0 Å². The standard InChI is InChI=1S/C17H25NO3/c1-12(2)11-21-15-6-4-5-14(9-15)17(20)18-8-7-13(3)16(18)10-19/h4-6,9,12-13,16,19H,7-8,10-11H2,1-3H3. The Kier molecular flexibility index (Phi) is 5.23. The summed E-state index contributed by atoms with van der Waals surface area (Å²) in [5.74, 6) is 1.50. The van der Waals surface area contributed by atoms with E-state index in [2.05, 4.69) is 20.8 Å². The third-order valence-electron chi connectivity index (χ3n) is 3.99. The third kappa shape index (κ3) is 3.76. The van der Waals surface area contributed by atoms with Gasteiger partial charge >= 0.3 is 0 Å². The molecular weight excluding hydrogens is 266 g/mol. The van der Waals surface area contributed by atoms with Crippen molar-refractivity contribution < 1.29 is 14.6 Å². The first-order valence-corrected chi connectivity index (χ1v) is 7.67. The SMILES string of the molecule is CC(C)COc1cccc(C(=O)N2CCC(C)C2CO)c1. The van der Waals surface area contributed by atoms with Crippen LogP contribution in [0.15, 0.2) is 24.3 Å². The number of likely N-dealkylation sites (tertiary alicyclic amines) is 1.